The van der Waals surface area contributed by atoms with Gasteiger partial charge in [0, 0.05) is 0 Å². The van der Waals surface area contributed by atoms with Crippen molar-refractivity contribution in [2.24, 2.45) is 5.73 Å². The van der Waals surface area contributed by atoms with Gasteiger partial charge in [-0.05, 0) is 13.0 Å². The Morgan fingerprint density at radius 1 is 0.200 bits per heavy atom. The molecule has 0 heterocycles. The first-order valence-electron chi connectivity index (χ1n) is 19.6. The largest absolute Gasteiger partial charge is 0.330 e. The molecule has 0 aliphatic carbocycles. The summed E-state index contributed by atoms with van der Waals surface area (Å²) in [7, 11) is 0. The SMILES string of the molecule is CCCCCCCCCCCCCCCCCCCCCCCCCCCCCCCCCCCCCCCN. The predicted octanol–water partition coefficient (Wildman–Crippen LogP) is 14.4. The van der Waals surface area contributed by atoms with E-state index < -0.39 is 0 Å². The molecular formula is C39H81N. The number of hydrogen-bond acceptors (Lipinski definition) is 1. The molecule has 0 unspecified atom stereocenters. The number of nitrogens with two attached hydrogens (primary N) is 1. The molecule has 0 atom stereocenters. The van der Waals surface area contributed by atoms with Crippen molar-refractivity contribution in [3.05, 3.63) is 0 Å². The van der Waals surface area contributed by atoms with Gasteiger partial charge in [0.25, 0.3) is 0 Å². The van der Waals surface area contributed by atoms with E-state index in [0.29, 0.717) is 0 Å². The minimum atomic E-state index is 0.875. The van der Waals surface area contributed by atoms with E-state index in [1.807, 2.05) is 0 Å². The summed E-state index contributed by atoms with van der Waals surface area (Å²) in [5.74, 6) is 0. The third kappa shape index (κ3) is 38.0. The zero-order valence-electron chi connectivity index (χ0n) is 28.4. The van der Waals surface area contributed by atoms with Gasteiger partial charge in [0.05, 0.1) is 0 Å². The third-order valence-corrected chi connectivity index (χ3v) is 9.31. The molecule has 40 heavy (non-hydrogen) atoms. The van der Waals surface area contributed by atoms with Gasteiger partial charge in [0.1, 0.15) is 0 Å². The molecule has 0 saturated carbocycles. The average molecular weight is 564 g/mol. The first-order valence-corrected chi connectivity index (χ1v) is 19.6. The maximum Gasteiger partial charge on any atom is -0.00773 e. The van der Waals surface area contributed by atoms with Crippen molar-refractivity contribution in [1.29, 1.82) is 0 Å². The van der Waals surface area contributed by atoms with Crippen molar-refractivity contribution in [3.8, 4) is 0 Å². The van der Waals surface area contributed by atoms with Crippen LogP contribution in [-0.2, 0) is 0 Å². The molecule has 0 spiro atoms. The Kier molecular flexibility index (Phi) is 38.9. The van der Waals surface area contributed by atoms with Gasteiger partial charge in [0.15, 0.2) is 0 Å². The van der Waals surface area contributed by atoms with Crippen LogP contribution in [0.2, 0.25) is 0 Å². The maximum atomic E-state index is 5.55. The smallest absolute Gasteiger partial charge is 0.00773 e. The van der Waals surface area contributed by atoms with E-state index in [9.17, 15) is 0 Å². The summed E-state index contributed by atoms with van der Waals surface area (Å²) in [4.78, 5) is 0. The van der Waals surface area contributed by atoms with Crippen molar-refractivity contribution in [1.82, 2.24) is 0 Å². The molecule has 0 saturated heterocycles. The Bertz CT molecular complexity index is 368. The fraction of sp³-hybridized carbons (Fsp3) is 1.00. The number of hydrogen-bond donors (Lipinski definition) is 1. The number of unbranched alkanes of at least 4 members (excludes halogenated alkanes) is 36. The molecule has 0 aromatic carbocycles. The zero-order chi connectivity index (χ0) is 28.9. The van der Waals surface area contributed by atoms with Crippen LogP contribution in [-0.4, -0.2) is 6.54 Å². The fourth-order valence-corrected chi connectivity index (χ4v) is 6.40. The molecule has 0 aliphatic rings. The lowest BCUT2D eigenvalue weighted by Gasteiger charge is -2.05. The first-order chi connectivity index (χ1) is 19.9. The molecule has 0 amide bonds. The second-order valence-electron chi connectivity index (χ2n) is 13.5. The van der Waals surface area contributed by atoms with Crippen molar-refractivity contribution < 1.29 is 0 Å². The molecule has 1 nitrogen and oxygen atoms in total. The molecular weight excluding hydrogens is 482 g/mol. The molecule has 0 radical (unpaired) electrons. The lowest BCUT2D eigenvalue weighted by Crippen LogP contribution is -1.97. The van der Waals surface area contributed by atoms with Crippen LogP contribution in [0, 0.1) is 0 Å². The highest BCUT2D eigenvalue weighted by atomic mass is 14.5. The lowest BCUT2D eigenvalue weighted by molar-refractivity contribution is 0.510. The molecule has 0 aromatic rings. The van der Waals surface area contributed by atoms with Gasteiger partial charge in [0.2, 0.25) is 0 Å². The van der Waals surface area contributed by atoms with Crippen LogP contribution in [0.15, 0.2) is 0 Å². The first kappa shape index (κ1) is 40.0. The molecule has 0 aromatic heterocycles. The summed E-state index contributed by atoms with van der Waals surface area (Å²) in [6, 6.07) is 0. The third-order valence-electron chi connectivity index (χ3n) is 9.31. The molecule has 1 heteroatoms. The summed E-state index contributed by atoms with van der Waals surface area (Å²) in [5, 5.41) is 0. The van der Waals surface area contributed by atoms with Crippen molar-refractivity contribution >= 4 is 0 Å². The van der Waals surface area contributed by atoms with Crippen LogP contribution in [0.4, 0.5) is 0 Å². The van der Waals surface area contributed by atoms with Gasteiger partial charge in [-0.1, -0.05) is 238 Å². The molecule has 0 rings (SSSR count). The number of rotatable bonds is 37. The Morgan fingerprint density at radius 3 is 0.450 bits per heavy atom. The summed E-state index contributed by atoms with van der Waals surface area (Å²) >= 11 is 0. The van der Waals surface area contributed by atoms with Crippen LogP contribution in [0.3, 0.4) is 0 Å². The summed E-state index contributed by atoms with van der Waals surface area (Å²) in [6.45, 7) is 3.18. The molecule has 2 N–H and O–H groups in total. The van der Waals surface area contributed by atoms with Gasteiger partial charge >= 0.3 is 0 Å². The minimum absolute atomic E-state index is 0.875. The van der Waals surface area contributed by atoms with E-state index >= 15 is 0 Å². The van der Waals surface area contributed by atoms with Gasteiger partial charge in [-0.2, -0.15) is 0 Å². The summed E-state index contributed by atoms with van der Waals surface area (Å²) < 4.78 is 0. The van der Waals surface area contributed by atoms with Crippen LogP contribution >= 0.6 is 0 Å². The van der Waals surface area contributed by atoms with Crippen LogP contribution < -0.4 is 5.73 Å². The zero-order valence-corrected chi connectivity index (χ0v) is 28.4. The van der Waals surface area contributed by atoms with E-state index in [1.54, 1.807) is 0 Å². The van der Waals surface area contributed by atoms with Crippen LogP contribution in [0.5, 0.6) is 0 Å². The van der Waals surface area contributed by atoms with Gasteiger partial charge < -0.3 is 5.73 Å². The van der Waals surface area contributed by atoms with Crippen molar-refractivity contribution in [2.45, 2.75) is 244 Å². The lowest BCUT2D eigenvalue weighted by atomic mass is 10.0. The quantitative estimate of drug-likeness (QED) is 0.0747. The predicted molar refractivity (Wildman–Crippen MR) is 186 cm³/mol. The monoisotopic (exact) mass is 564 g/mol. The highest BCUT2D eigenvalue weighted by Gasteiger charge is 1.97. The molecule has 0 aliphatic heterocycles. The van der Waals surface area contributed by atoms with E-state index in [1.165, 1.54) is 238 Å². The minimum Gasteiger partial charge on any atom is -0.330 e. The summed E-state index contributed by atoms with van der Waals surface area (Å²) in [5.41, 5.74) is 5.55. The Labute approximate surface area is 256 Å². The van der Waals surface area contributed by atoms with Crippen LogP contribution in [0.25, 0.3) is 0 Å². The molecule has 0 bridgehead atoms. The maximum absolute atomic E-state index is 5.55. The van der Waals surface area contributed by atoms with E-state index in [4.69, 9.17) is 5.73 Å². The Morgan fingerprint density at radius 2 is 0.325 bits per heavy atom. The van der Waals surface area contributed by atoms with Gasteiger partial charge in [-0.3, -0.25) is 0 Å². The normalized spacial score (nSPS) is 11.6. The van der Waals surface area contributed by atoms with Crippen molar-refractivity contribution in [2.75, 3.05) is 6.54 Å². The van der Waals surface area contributed by atoms with Gasteiger partial charge in [-0.25, -0.2) is 0 Å². The van der Waals surface area contributed by atoms with E-state index in [0.717, 1.165) is 6.54 Å². The van der Waals surface area contributed by atoms with Crippen molar-refractivity contribution in [3.63, 3.8) is 0 Å². The van der Waals surface area contributed by atoms with Gasteiger partial charge in [-0.15, -0.1) is 0 Å². The fourth-order valence-electron chi connectivity index (χ4n) is 6.40. The second-order valence-corrected chi connectivity index (χ2v) is 13.5. The molecule has 242 valence electrons. The highest BCUT2D eigenvalue weighted by molar-refractivity contribution is 4.53. The standard InChI is InChI=1S/C39H81N/c1-2-3-4-5-6-7-8-9-10-11-12-13-14-15-16-17-18-19-20-21-22-23-24-25-26-27-28-29-30-31-32-33-34-35-36-37-38-39-40/h2-40H2,1H3. The topological polar surface area (TPSA) is 26.0 Å². The van der Waals surface area contributed by atoms with E-state index in [2.05, 4.69) is 6.92 Å². The second kappa shape index (κ2) is 39.0. The summed E-state index contributed by atoms with van der Waals surface area (Å²) in [6.07, 6.45) is 54.3. The average Bonchev–Trinajstić information content (AvgIpc) is 2.97. The Hall–Kier alpha value is -0.0400. The molecule has 0 fully saturated rings. The highest BCUT2D eigenvalue weighted by Crippen LogP contribution is 2.17. The van der Waals surface area contributed by atoms with E-state index in [-0.39, 0.29) is 0 Å². The Balaban J connectivity index is 3.01. The van der Waals surface area contributed by atoms with Crippen LogP contribution in [0.1, 0.15) is 244 Å².